The van der Waals surface area contributed by atoms with Crippen molar-refractivity contribution in [2.45, 2.75) is 50.4 Å². The van der Waals surface area contributed by atoms with Gasteiger partial charge in [0, 0.05) is 45.6 Å². The van der Waals surface area contributed by atoms with Gasteiger partial charge in [0.2, 0.25) is 5.91 Å². The van der Waals surface area contributed by atoms with Gasteiger partial charge < -0.3 is 15.5 Å². The van der Waals surface area contributed by atoms with Gasteiger partial charge in [-0.2, -0.15) is 0 Å². The van der Waals surface area contributed by atoms with Crippen LogP contribution >= 0.6 is 0 Å². The molecule has 5 nitrogen and oxygen atoms in total. The average molecular weight is 371 g/mol. The number of piperidine rings is 1. The first-order valence-corrected chi connectivity index (χ1v) is 10.4. The summed E-state index contributed by atoms with van der Waals surface area (Å²) < 4.78 is 0. The van der Waals surface area contributed by atoms with Gasteiger partial charge in [-0.1, -0.05) is 43.2 Å². The van der Waals surface area contributed by atoms with E-state index in [1.54, 1.807) is 7.05 Å². The Morgan fingerprint density at radius 3 is 2.44 bits per heavy atom. The van der Waals surface area contributed by atoms with Gasteiger partial charge in [-0.15, -0.1) is 0 Å². The second-order valence-corrected chi connectivity index (χ2v) is 8.06. The topological polar surface area (TPSA) is 56.7 Å². The predicted molar refractivity (Wildman–Crippen MR) is 111 cm³/mol. The number of aliphatic imine (C=N–C) groups is 1. The van der Waals surface area contributed by atoms with Gasteiger partial charge in [-0.25, -0.2) is 0 Å². The summed E-state index contributed by atoms with van der Waals surface area (Å²) in [7, 11) is 3.59. The highest BCUT2D eigenvalue weighted by molar-refractivity contribution is 5.80. The smallest absolute Gasteiger partial charge is 0.220 e. The third-order valence-electron chi connectivity index (χ3n) is 6.41. The van der Waals surface area contributed by atoms with E-state index in [1.165, 1.54) is 31.2 Å². The molecule has 148 valence electrons. The van der Waals surface area contributed by atoms with Gasteiger partial charge in [0.15, 0.2) is 5.96 Å². The Balaban J connectivity index is 1.57. The number of nitrogens with zero attached hydrogens (tertiary/aromatic N) is 2. The Hall–Kier alpha value is -2.04. The number of nitrogens with one attached hydrogen (secondary N) is 2. The van der Waals surface area contributed by atoms with Crippen LogP contribution in [0.15, 0.2) is 35.3 Å². The maximum atomic E-state index is 11.6. The molecule has 1 saturated carbocycles. The first kappa shape index (κ1) is 19.7. The molecule has 1 aromatic rings. The van der Waals surface area contributed by atoms with Crippen LogP contribution in [0.3, 0.4) is 0 Å². The number of carbonyl (C=O) groups excluding carboxylic acids is 1. The first-order valence-electron chi connectivity index (χ1n) is 10.4. The zero-order chi connectivity index (χ0) is 19.1. The van der Waals surface area contributed by atoms with Crippen molar-refractivity contribution in [3.63, 3.8) is 0 Å². The maximum absolute atomic E-state index is 11.6. The second-order valence-electron chi connectivity index (χ2n) is 8.06. The molecule has 0 aromatic heterocycles. The summed E-state index contributed by atoms with van der Waals surface area (Å²) in [4.78, 5) is 18.5. The number of hydrogen-bond acceptors (Lipinski definition) is 2. The fraction of sp³-hybridized carbons (Fsp3) is 0.636. The van der Waals surface area contributed by atoms with Crippen molar-refractivity contribution in [2.75, 3.05) is 33.7 Å². The van der Waals surface area contributed by atoms with Crippen molar-refractivity contribution in [3.8, 4) is 0 Å². The average Bonchev–Trinajstić information content (AvgIpc) is 3.20. The van der Waals surface area contributed by atoms with Crippen molar-refractivity contribution in [3.05, 3.63) is 35.9 Å². The Morgan fingerprint density at radius 2 is 1.85 bits per heavy atom. The van der Waals surface area contributed by atoms with Crippen molar-refractivity contribution in [2.24, 2.45) is 10.9 Å². The van der Waals surface area contributed by atoms with Crippen LogP contribution in [0.25, 0.3) is 0 Å². The minimum Gasteiger partial charge on any atom is -0.359 e. The van der Waals surface area contributed by atoms with Crippen molar-refractivity contribution >= 4 is 11.9 Å². The number of hydrogen-bond donors (Lipinski definition) is 2. The van der Waals surface area contributed by atoms with Crippen LogP contribution in [0.2, 0.25) is 0 Å². The van der Waals surface area contributed by atoms with Gasteiger partial charge in [0.05, 0.1) is 0 Å². The molecule has 1 saturated heterocycles. The predicted octanol–water partition coefficient (Wildman–Crippen LogP) is 2.92. The van der Waals surface area contributed by atoms with Gasteiger partial charge in [0.25, 0.3) is 0 Å². The Morgan fingerprint density at radius 1 is 1.19 bits per heavy atom. The fourth-order valence-corrected chi connectivity index (χ4v) is 4.70. The minimum atomic E-state index is 0.155. The SMILES string of the molecule is CN=C(NCC1(c2ccccc2)CCCC1)N1CCC(CC(=O)NC)CC1. The maximum Gasteiger partial charge on any atom is 0.220 e. The Labute approximate surface area is 163 Å². The molecule has 3 rings (SSSR count). The van der Waals surface area contributed by atoms with E-state index in [9.17, 15) is 4.79 Å². The lowest BCUT2D eigenvalue weighted by Crippen LogP contribution is -2.49. The Bertz CT molecular complexity index is 629. The van der Waals surface area contributed by atoms with E-state index in [2.05, 4.69) is 50.9 Å². The molecule has 1 aromatic carbocycles. The molecule has 2 fully saturated rings. The fourth-order valence-electron chi connectivity index (χ4n) is 4.70. The number of rotatable bonds is 5. The summed E-state index contributed by atoms with van der Waals surface area (Å²) in [5, 5.41) is 6.42. The molecule has 2 N–H and O–H groups in total. The molecule has 0 bridgehead atoms. The zero-order valence-corrected chi connectivity index (χ0v) is 16.8. The van der Waals surface area contributed by atoms with Crippen LogP contribution < -0.4 is 10.6 Å². The Kier molecular flexibility index (Phi) is 6.75. The van der Waals surface area contributed by atoms with Crippen LogP contribution in [0.1, 0.15) is 50.5 Å². The van der Waals surface area contributed by atoms with E-state index in [-0.39, 0.29) is 11.3 Å². The summed E-state index contributed by atoms with van der Waals surface area (Å²) in [6, 6.07) is 11.0. The molecule has 1 aliphatic heterocycles. The summed E-state index contributed by atoms with van der Waals surface area (Å²) in [6.45, 7) is 2.89. The van der Waals surface area contributed by atoms with Gasteiger partial charge >= 0.3 is 0 Å². The van der Waals surface area contributed by atoms with Crippen LogP contribution in [-0.4, -0.2) is 50.5 Å². The van der Waals surface area contributed by atoms with Crippen LogP contribution in [0.4, 0.5) is 0 Å². The molecular formula is C22H34N4O. The lowest BCUT2D eigenvalue weighted by atomic mass is 9.79. The minimum absolute atomic E-state index is 0.155. The number of guanidine groups is 1. The molecule has 2 aliphatic rings. The molecule has 0 unspecified atom stereocenters. The third kappa shape index (κ3) is 4.82. The van der Waals surface area contributed by atoms with Crippen molar-refractivity contribution < 1.29 is 4.79 Å². The number of likely N-dealkylation sites (tertiary alicyclic amines) is 1. The lowest BCUT2D eigenvalue weighted by Gasteiger charge is -2.36. The molecule has 0 radical (unpaired) electrons. The van der Waals surface area contributed by atoms with Crippen LogP contribution in [-0.2, 0) is 10.2 Å². The highest BCUT2D eigenvalue weighted by Gasteiger charge is 2.36. The molecule has 0 atom stereocenters. The van der Waals surface area contributed by atoms with Crippen molar-refractivity contribution in [1.29, 1.82) is 0 Å². The van der Waals surface area contributed by atoms with Gasteiger partial charge in [-0.05, 0) is 37.2 Å². The van der Waals surface area contributed by atoms with Crippen LogP contribution in [0.5, 0.6) is 0 Å². The van der Waals surface area contributed by atoms with E-state index >= 15 is 0 Å². The molecule has 27 heavy (non-hydrogen) atoms. The molecule has 5 heteroatoms. The number of amides is 1. The molecule has 1 aliphatic carbocycles. The molecule has 1 amide bonds. The van der Waals surface area contributed by atoms with E-state index in [4.69, 9.17) is 0 Å². The number of benzene rings is 1. The third-order valence-corrected chi connectivity index (χ3v) is 6.41. The molecular weight excluding hydrogens is 336 g/mol. The first-order chi connectivity index (χ1) is 13.2. The summed E-state index contributed by atoms with van der Waals surface area (Å²) >= 11 is 0. The summed E-state index contributed by atoms with van der Waals surface area (Å²) in [5.41, 5.74) is 1.68. The zero-order valence-electron chi connectivity index (χ0n) is 16.8. The summed E-state index contributed by atoms with van der Waals surface area (Å²) in [5.74, 6) is 1.65. The van der Waals surface area contributed by atoms with Crippen LogP contribution in [0, 0.1) is 5.92 Å². The van der Waals surface area contributed by atoms with E-state index in [0.717, 1.165) is 38.4 Å². The van der Waals surface area contributed by atoms with Gasteiger partial charge in [0.1, 0.15) is 0 Å². The second kappa shape index (κ2) is 9.25. The normalized spacial score (nSPS) is 20.5. The van der Waals surface area contributed by atoms with E-state index in [0.29, 0.717) is 12.3 Å². The number of carbonyl (C=O) groups is 1. The van der Waals surface area contributed by atoms with Crippen molar-refractivity contribution in [1.82, 2.24) is 15.5 Å². The highest BCUT2D eigenvalue weighted by Crippen LogP contribution is 2.40. The quantitative estimate of drug-likeness (QED) is 0.619. The highest BCUT2D eigenvalue weighted by atomic mass is 16.1. The molecule has 0 spiro atoms. The van der Waals surface area contributed by atoms with E-state index in [1.807, 2.05) is 7.05 Å². The lowest BCUT2D eigenvalue weighted by molar-refractivity contribution is -0.121. The standard InChI is InChI=1S/C22H34N4O/c1-23-20(27)16-18-10-14-26(15-11-18)21(24-2)25-17-22(12-6-7-13-22)19-8-4-3-5-9-19/h3-5,8-9,18H,6-7,10-17H2,1-2H3,(H,23,27)(H,24,25). The summed E-state index contributed by atoms with van der Waals surface area (Å²) in [6.07, 6.45) is 7.86. The van der Waals surface area contributed by atoms with Gasteiger partial charge in [-0.3, -0.25) is 9.79 Å². The monoisotopic (exact) mass is 370 g/mol. The van der Waals surface area contributed by atoms with E-state index < -0.39 is 0 Å². The molecule has 1 heterocycles. The largest absolute Gasteiger partial charge is 0.359 e.